The Morgan fingerprint density at radius 2 is 2.10 bits per heavy atom. The van der Waals surface area contributed by atoms with Gasteiger partial charge in [0.2, 0.25) is 0 Å². The molecule has 0 radical (unpaired) electrons. The summed E-state index contributed by atoms with van der Waals surface area (Å²) in [4.78, 5) is 4.77. The van der Waals surface area contributed by atoms with Crippen LogP contribution < -0.4 is 5.32 Å². The first-order valence-corrected chi connectivity index (χ1v) is 8.53. The summed E-state index contributed by atoms with van der Waals surface area (Å²) in [5.74, 6) is 0.744. The van der Waals surface area contributed by atoms with Gasteiger partial charge in [-0.1, -0.05) is 30.3 Å². The highest BCUT2D eigenvalue weighted by Crippen LogP contribution is 2.35. The molecule has 112 valence electrons. The fourth-order valence-electron chi connectivity index (χ4n) is 2.71. The van der Waals surface area contributed by atoms with E-state index in [-0.39, 0.29) is 12.6 Å². The van der Waals surface area contributed by atoms with Crippen LogP contribution in [0.4, 0.5) is 0 Å². The zero-order valence-corrected chi connectivity index (χ0v) is 13.1. The molecule has 1 heterocycles. The number of aliphatic hydroxyl groups is 1. The van der Waals surface area contributed by atoms with Gasteiger partial charge < -0.3 is 10.4 Å². The molecule has 0 spiro atoms. The normalized spacial score (nSPS) is 17.6. The Balaban J connectivity index is 1.67. The molecule has 3 rings (SSSR count). The molecule has 2 aromatic rings. The minimum atomic E-state index is 0.240. The van der Waals surface area contributed by atoms with Crippen LogP contribution in [0, 0.1) is 5.92 Å². The van der Waals surface area contributed by atoms with Crippen molar-refractivity contribution >= 4 is 11.3 Å². The van der Waals surface area contributed by atoms with Crippen LogP contribution in [0.15, 0.2) is 35.7 Å². The number of benzene rings is 1. The Hall–Kier alpha value is -1.23. The number of nitrogens with one attached hydrogen (secondary N) is 1. The topological polar surface area (TPSA) is 45.1 Å². The van der Waals surface area contributed by atoms with Crippen molar-refractivity contribution in [1.82, 2.24) is 10.3 Å². The highest BCUT2D eigenvalue weighted by molar-refractivity contribution is 7.10. The molecule has 0 saturated heterocycles. The van der Waals surface area contributed by atoms with Gasteiger partial charge in [0.1, 0.15) is 5.01 Å². The van der Waals surface area contributed by atoms with Gasteiger partial charge in [-0.2, -0.15) is 0 Å². The van der Waals surface area contributed by atoms with E-state index < -0.39 is 0 Å². The van der Waals surface area contributed by atoms with Crippen molar-refractivity contribution in [2.45, 2.75) is 38.3 Å². The zero-order chi connectivity index (χ0) is 14.7. The minimum Gasteiger partial charge on any atom is -0.396 e. The largest absolute Gasteiger partial charge is 0.396 e. The van der Waals surface area contributed by atoms with Gasteiger partial charge >= 0.3 is 0 Å². The third kappa shape index (κ3) is 3.70. The van der Waals surface area contributed by atoms with Crippen LogP contribution >= 0.6 is 11.3 Å². The summed E-state index contributed by atoms with van der Waals surface area (Å²) in [5, 5.41) is 16.1. The van der Waals surface area contributed by atoms with Crippen molar-refractivity contribution < 1.29 is 5.11 Å². The molecule has 0 aliphatic heterocycles. The van der Waals surface area contributed by atoms with Crippen LogP contribution in [-0.4, -0.2) is 22.7 Å². The second-order valence-corrected chi connectivity index (χ2v) is 6.67. The van der Waals surface area contributed by atoms with E-state index in [2.05, 4.69) is 29.8 Å². The summed E-state index contributed by atoms with van der Waals surface area (Å²) in [5.41, 5.74) is 2.22. The van der Waals surface area contributed by atoms with Crippen LogP contribution in [0.1, 0.15) is 37.2 Å². The van der Waals surface area contributed by atoms with Crippen molar-refractivity contribution in [3.63, 3.8) is 0 Å². The number of thiazole rings is 1. The molecule has 3 nitrogen and oxygen atoms in total. The quantitative estimate of drug-likeness (QED) is 0.821. The fraction of sp³-hybridized carbons (Fsp3) is 0.471. The number of aromatic nitrogens is 1. The first-order chi connectivity index (χ1) is 10.3. The predicted molar refractivity (Wildman–Crippen MR) is 87.3 cm³/mol. The van der Waals surface area contributed by atoms with Gasteiger partial charge in [0, 0.05) is 23.6 Å². The van der Waals surface area contributed by atoms with E-state index >= 15 is 0 Å². The average molecular weight is 302 g/mol. The average Bonchev–Trinajstić information content (AvgIpc) is 3.24. The third-order valence-electron chi connectivity index (χ3n) is 4.06. The third-order valence-corrected chi connectivity index (χ3v) is 5.08. The minimum absolute atomic E-state index is 0.240. The molecular formula is C17H22N2OS. The Morgan fingerprint density at radius 3 is 2.76 bits per heavy atom. The molecular weight excluding hydrogens is 280 g/mol. The molecule has 1 aromatic heterocycles. The summed E-state index contributed by atoms with van der Waals surface area (Å²) in [6, 6.07) is 11.0. The van der Waals surface area contributed by atoms with Gasteiger partial charge in [0.15, 0.2) is 0 Å². The van der Waals surface area contributed by atoms with E-state index in [9.17, 15) is 5.11 Å². The second kappa shape index (κ2) is 6.69. The Morgan fingerprint density at radius 1 is 1.33 bits per heavy atom. The molecule has 0 amide bonds. The van der Waals surface area contributed by atoms with Crippen LogP contribution in [0.2, 0.25) is 0 Å². The van der Waals surface area contributed by atoms with Gasteiger partial charge in [-0.3, -0.25) is 0 Å². The maximum absolute atomic E-state index is 9.20. The van der Waals surface area contributed by atoms with E-state index in [1.165, 1.54) is 18.4 Å². The summed E-state index contributed by atoms with van der Waals surface area (Å²) in [7, 11) is 0. The molecule has 1 aromatic carbocycles. The SMILES string of the molecule is CC(NC(CCO)C1CC1)c1nc(-c2ccccc2)cs1. The van der Waals surface area contributed by atoms with E-state index in [1.54, 1.807) is 11.3 Å². The molecule has 2 N–H and O–H groups in total. The van der Waals surface area contributed by atoms with Crippen molar-refractivity contribution in [2.24, 2.45) is 5.92 Å². The molecule has 0 bridgehead atoms. The van der Waals surface area contributed by atoms with Crippen molar-refractivity contribution in [3.8, 4) is 11.3 Å². The van der Waals surface area contributed by atoms with Gasteiger partial charge in [-0.25, -0.2) is 4.98 Å². The first-order valence-electron chi connectivity index (χ1n) is 7.65. The number of rotatable bonds is 7. The van der Waals surface area contributed by atoms with Gasteiger partial charge in [-0.05, 0) is 32.1 Å². The van der Waals surface area contributed by atoms with Crippen molar-refractivity contribution in [3.05, 3.63) is 40.7 Å². The van der Waals surface area contributed by atoms with Crippen LogP contribution in [0.3, 0.4) is 0 Å². The Labute approximate surface area is 130 Å². The standard InChI is InChI=1S/C17H22N2OS/c1-12(18-15(9-10-20)14-7-8-14)17-19-16(11-21-17)13-5-3-2-4-6-13/h2-6,11-12,14-15,18,20H,7-10H2,1H3. The van der Waals surface area contributed by atoms with Gasteiger partial charge in [-0.15, -0.1) is 11.3 Å². The lowest BCUT2D eigenvalue weighted by molar-refractivity contribution is 0.250. The monoisotopic (exact) mass is 302 g/mol. The molecule has 1 aliphatic rings. The van der Waals surface area contributed by atoms with Crippen molar-refractivity contribution in [1.29, 1.82) is 0 Å². The Bertz CT molecular complexity index is 565. The molecule has 1 saturated carbocycles. The molecule has 4 heteroatoms. The van der Waals surface area contributed by atoms with E-state index in [0.29, 0.717) is 6.04 Å². The number of hydrogen-bond donors (Lipinski definition) is 2. The lowest BCUT2D eigenvalue weighted by Gasteiger charge is -2.21. The number of hydrogen-bond acceptors (Lipinski definition) is 4. The molecule has 21 heavy (non-hydrogen) atoms. The van der Waals surface area contributed by atoms with Crippen molar-refractivity contribution in [2.75, 3.05) is 6.61 Å². The summed E-state index contributed by atoms with van der Waals surface area (Å²) in [6.45, 7) is 2.42. The predicted octanol–water partition coefficient (Wildman–Crippen LogP) is 3.62. The van der Waals surface area contributed by atoms with E-state index in [0.717, 1.165) is 23.0 Å². The molecule has 2 unspecified atom stereocenters. The van der Waals surface area contributed by atoms with E-state index in [4.69, 9.17) is 4.98 Å². The van der Waals surface area contributed by atoms with Gasteiger partial charge in [0.05, 0.1) is 11.7 Å². The summed E-state index contributed by atoms with van der Waals surface area (Å²) < 4.78 is 0. The zero-order valence-electron chi connectivity index (χ0n) is 12.3. The number of nitrogens with zero attached hydrogens (tertiary/aromatic N) is 1. The maximum atomic E-state index is 9.20. The second-order valence-electron chi connectivity index (χ2n) is 5.78. The molecule has 1 fully saturated rings. The summed E-state index contributed by atoms with van der Waals surface area (Å²) in [6.07, 6.45) is 3.42. The van der Waals surface area contributed by atoms with E-state index in [1.807, 2.05) is 18.2 Å². The van der Waals surface area contributed by atoms with Crippen LogP contribution in [0.25, 0.3) is 11.3 Å². The lowest BCUT2D eigenvalue weighted by Crippen LogP contribution is -2.34. The lowest BCUT2D eigenvalue weighted by atomic mass is 10.1. The maximum Gasteiger partial charge on any atom is 0.110 e. The molecule has 2 atom stereocenters. The molecule has 1 aliphatic carbocycles. The first kappa shape index (κ1) is 14.7. The highest BCUT2D eigenvalue weighted by Gasteiger charge is 2.31. The van der Waals surface area contributed by atoms with Gasteiger partial charge in [0.25, 0.3) is 0 Å². The van der Waals surface area contributed by atoms with Crippen LogP contribution in [0.5, 0.6) is 0 Å². The highest BCUT2D eigenvalue weighted by atomic mass is 32.1. The fourth-order valence-corrected chi connectivity index (χ4v) is 3.56. The Kier molecular flexibility index (Phi) is 4.68. The smallest absolute Gasteiger partial charge is 0.110 e. The van der Waals surface area contributed by atoms with Crippen LogP contribution in [-0.2, 0) is 0 Å². The summed E-state index contributed by atoms with van der Waals surface area (Å²) >= 11 is 1.71. The number of aliphatic hydroxyl groups excluding tert-OH is 1.